The van der Waals surface area contributed by atoms with Gasteiger partial charge in [-0.25, -0.2) is 4.98 Å². The van der Waals surface area contributed by atoms with E-state index in [1.807, 2.05) is 60.7 Å². The molecule has 0 bridgehead atoms. The van der Waals surface area contributed by atoms with E-state index >= 15 is 0 Å². The van der Waals surface area contributed by atoms with Crippen molar-refractivity contribution < 1.29 is 9.59 Å². The highest BCUT2D eigenvalue weighted by Gasteiger charge is 2.33. The molecule has 1 N–H and O–H groups in total. The van der Waals surface area contributed by atoms with Gasteiger partial charge in [-0.3, -0.25) is 9.59 Å². The Morgan fingerprint density at radius 3 is 2.81 bits per heavy atom. The van der Waals surface area contributed by atoms with Gasteiger partial charge in [0.15, 0.2) is 0 Å². The third-order valence-corrected chi connectivity index (χ3v) is 7.30. The first-order valence-corrected chi connectivity index (χ1v) is 11.8. The number of thiophene rings is 1. The Kier molecular flexibility index (Phi) is 5.21. The number of rotatable bonds is 4. The minimum Gasteiger partial charge on any atom is -0.349 e. The maximum atomic E-state index is 13.3. The van der Waals surface area contributed by atoms with Crippen LogP contribution in [0.25, 0.3) is 21.1 Å². The molecule has 5 rings (SSSR count). The van der Waals surface area contributed by atoms with E-state index in [9.17, 15) is 9.59 Å². The fourth-order valence-electron chi connectivity index (χ4n) is 4.60. The largest absolute Gasteiger partial charge is 0.349 e. The molecule has 4 aromatic rings. The van der Waals surface area contributed by atoms with Crippen molar-refractivity contribution in [3.05, 3.63) is 64.8 Å². The van der Waals surface area contributed by atoms with Crippen molar-refractivity contribution in [2.45, 2.75) is 32.2 Å². The van der Waals surface area contributed by atoms with Gasteiger partial charge in [0, 0.05) is 42.4 Å². The van der Waals surface area contributed by atoms with Gasteiger partial charge in [-0.1, -0.05) is 18.2 Å². The van der Waals surface area contributed by atoms with Crippen LogP contribution in [0, 0.1) is 0 Å². The van der Waals surface area contributed by atoms with Crippen molar-refractivity contribution >= 4 is 44.3 Å². The van der Waals surface area contributed by atoms with Crippen molar-refractivity contribution in [2.24, 2.45) is 7.05 Å². The van der Waals surface area contributed by atoms with E-state index in [0.29, 0.717) is 18.7 Å². The Bertz CT molecular complexity index is 1340. The monoisotopic (exact) mass is 446 g/mol. The van der Waals surface area contributed by atoms with E-state index in [1.54, 1.807) is 17.7 Å². The topological polar surface area (TPSA) is 67.2 Å². The van der Waals surface area contributed by atoms with Crippen LogP contribution in [0.15, 0.2) is 48.8 Å². The number of carbonyl (C=O) groups is 2. The summed E-state index contributed by atoms with van der Waals surface area (Å²) in [6, 6.07) is 13.9. The van der Waals surface area contributed by atoms with Gasteiger partial charge in [0.2, 0.25) is 0 Å². The minimum atomic E-state index is -0.0263. The van der Waals surface area contributed by atoms with Crippen LogP contribution in [0.3, 0.4) is 0 Å². The van der Waals surface area contributed by atoms with Gasteiger partial charge in [-0.05, 0) is 55.5 Å². The lowest BCUT2D eigenvalue weighted by atomic mass is 9.95. The lowest BCUT2D eigenvalue weighted by Gasteiger charge is -2.18. The SMILES string of the molecule is CC(C)NC(=O)c1sc2ccccc2c1[C@H]1CCN(C(=O)c2ccc3c(c2)ncn3C)C1. The number of amides is 2. The maximum Gasteiger partial charge on any atom is 0.261 e. The lowest BCUT2D eigenvalue weighted by Crippen LogP contribution is -2.31. The number of aromatic nitrogens is 2. The molecule has 0 saturated carbocycles. The summed E-state index contributed by atoms with van der Waals surface area (Å²) in [7, 11) is 1.94. The highest BCUT2D eigenvalue weighted by atomic mass is 32.1. The minimum absolute atomic E-state index is 0.0211. The molecule has 3 heterocycles. The van der Waals surface area contributed by atoms with Crippen molar-refractivity contribution in [3.8, 4) is 0 Å². The molecular formula is C25H26N4O2S. The van der Waals surface area contributed by atoms with Crippen LogP contribution >= 0.6 is 11.3 Å². The van der Waals surface area contributed by atoms with Crippen molar-refractivity contribution in [1.29, 1.82) is 0 Å². The summed E-state index contributed by atoms with van der Waals surface area (Å²) < 4.78 is 3.06. The van der Waals surface area contributed by atoms with Gasteiger partial charge in [0.1, 0.15) is 0 Å². The fourth-order valence-corrected chi connectivity index (χ4v) is 5.79. The molecule has 0 unspecified atom stereocenters. The molecule has 2 aromatic heterocycles. The maximum absolute atomic E-state index is 13.3. The number of hydrogen-bond acceptors (Lipinski definition) is 4. The lowest BCUT2D eigenvalue weighted by molar-refractivity contribution is 0.0791. The van der Waals surface area contributed by atoms with Crippen LogP contribution in [0.1, 0.15) is 51.8 Å². The Hall–Kier alpha value is -3.19. The molecule has 1 fully saturated rings. The number of hydrogen-bond donors (Lipinski definition) is 1. The van der Waals surface area contributed by atoms with Crippen LogP contribution in [0.5, 0.6) is 0 Å². The number of nitrogens with zero attached hydrogens (tertiary/aromatic N) is 3. The van der Waals surface area contributed by atoms with E-state index in [-0.39, 0.29) is 23.8 Å². The van der Waals surface area contributed by atoms with Crippen LogP contribution in [-0.4, -0.2) is 45.4 Å². The van der Waals surface area contributed by atoms with Crippen LogP contribution in [-0.2, 0) is 7.05 Å². The average molecular weight is 447 g/mol. The molecule has 1 aliphatic heterocycles. The highest BCUT2D eigenvalue weighted by Crippen LogP contribution is 2.40. The molecule has 2 amide bonds. The van der Waals surface area contributed by atoms with E-state index in [1.165, 1.54) is 0 Å². The van der Waals surface area contributed by atoms with E-state index < -0.39 is 0 Å². The first-order chi connectivity index (χ1) is 15.4. The van der Waals surface area contributed by atoms with E-state index in [4.69, 9.17) is 0 Å². The quantitative estimate of drug-likeness (QED) is 0.500. The Morgan fingerprint density at radius 1 is 1.19 bits per heavy atom. The van der Waals surface area contributed by atoms with E-state index in [0.717, 1.165) is 38.0 Å². The summed E-state index contributed by atoms with van der Waals surface area (Å²) in [5.41, 5.74) is 3.57. The Labute approximate surface area is 190 Å². The van der Waals surface area contributed by atoms with Crippen LogP contribution in [0.4, 0.5) is 0 Å². The van der Waals surface area contributed by atoms with Gasteiger partial charge in [-0.2, -0.15) is 0 Å². The standard InChI is InChI=1S/C25H26N4O2S/c1-15(2)27-24(30)23-22(18-6-4-5-7-21(18)32-23)17-10-11-29(13-17)25(31)16-8-9-20-19(12-16)26-14-28(20)3/h4-9,12,14-15,17H,10-11,13H2,1-3H3,(H,27,30)/t17-/m0/s1. The first-order valence-electron chi connectivity index (χ1n) is 10.9. The second-order valence-electron chi connectivity index (χ2n) is 8.76. The van der Waals surface area contributed by atoms with Crippen molar-refractivity contribution in [2.75, 3.05) is 13.1 Å². The molecule has 7 heteroatoms. The Balaban J connectivity index is 1.44. The number of benzene rings is 2. The van der Waals surface area contributed by atoms with Gasteiger partial charge in [-0.15, -0.1) is 11.3 Å². The van der Waals surface area contributed by atoms with Crippen molar-refractivity contribution in [1.82, 2.24) is 19.8 Å². The number of nitrogens with one attached hydrogen (secondary N) is 1. The van der Waals surface area contributed by atoms with E-state index in [2.05, 4.69) is 22.4 Å². The molecule has 1 aliphatic rings. The normalized spacial score (nSPS) is 16.4. The zero-order valence-electron chi connectivity index (χ0n) is 18.5. The molecule has 164 valence electrons. The molecule has 0 radical (unpaired) electrons. The molecule has 0 aliphatic carbocycles. The average Bonchev–Trinajstić information content (AvgIpc) is 3.49. The Morgan fingerprint density at radius 2 is 2.00 bits per heavy atom. The van der Waals surface area contributed by atoms with Gasteiger partial charge >= 0.3 is 0 Å². The number of imidazole rings is 1. The fraction of sp³-hybridized carbons (Fsp3) is 0.320. The first kappa shape index (κ1) is 20.7. The summed E-state index contributed by atoms with van der Waals surface area (Å²) in [6.45, 7) is 5.24. The smallest absolute Gasteiger partial charge is 0.261 e. The molecule has 0 spiro atoms. The van der Waals surface area contributed by atoms with Crippen molar-refractivity contribution in [3.63, 3.8) is 0 Å². The van der Waals surface area contributed by atoms with Gasteiger partial charge in [0.05, 0.1) is 22.2 Å². The van der Waals surface area contributed by atoms with Gasteiger partial charge in [0.25, 0.3) is 11.8 Å². The molecule has 6 nitrogen and oxygen atoms in total. The number of aryl methyl sites for hydroxylation is 1. The molecule has 1 atom stereocenters. The molecule has 2 aromatic carbocycles. The number of carbonyl (C=O) groups excluding carboxylic acids is 2. The predicted molar refractivity (Wildman–Crippen MR) is 128 cm³/mol. The predicted octanol–water partition coefficient (Wildman–Crippen LogP) is 4.56. The second-order valence-corrected chi connectivity index (χ2v) is 9.82. The zero-order valence-corrected chi connectivity index (χ0v) is 19.3. The summed E-state index contributed by atoms with van der Waals surface area (Å²) in [5, 5.41) is 4.17. The number of likely N-dealkylation sites (tertiary alicyclic amines) is 1. The number of fused-ring (bicyclic) bond motifs is 2. The van der Waals surface area contributed by atoms with Crippen LogP contribution < -0.4 is 5.32 Å². The summed E-state index contributed by atoms with van der Waals surface area (Å²) in [4.78, 5) is 33.3. The molecule has 32 heavy (non-hydrogen) atoms. The van der Waals surface area contributed by atoms with Crippen LogP contribution in [0.2, 0.25) is 0 Å². The summed E-state index contributed by atoms with van der Waals surface area (Å²) >= 11 is 1.54. The second kappa shape index (κ2) is 8.06. The zero-order chi connectivity index (χ0) is 22.4. The summed E-state index contributed by atoms with van der Waals surface area (Å²) in [6.07, 6.45) is 2.61. The molecule has 1 saturated heterocycles. The molecular weight excluding hydrogens is 420 g/mol. The third kappa shape index (κ3) is 3.56. The van der Waals surface area contributed by atoms with Gasteiger partial charge < -0.3 is 14.8 Å². The highest BCUT2D eigenvalue weighted by molar-refractivity contribution is 7.21. The third-order valence-electron chi connectivity index (χ3n) is 6.12. The summed E-state index contributed by atoms with van der Waals surface area (Å²) in [5.74, 6) is 0.135.